The van der Waals surface area contributed by atoms with Gasteiger partial charge >= 0.3 is 5.97 Å². The van der Waals surface area contributed by atoms with Crippen LogP contribution in [0, 0.1) is 0 Å². The van der Waals surface area contributed by atoms with E-state index in [0.717, 1.165) is 38.5 Å². The molecule has 2 aliphatic rings. The number of ether oxygens (including phenoxy) is 2. The van der Waals surface area contributed by atoms with E-state index in [9.17, 15) is 4.79 Å². The second-order valence-corrected chi connectivity index (χ2v) is 5.97. The van der Waals surface area contributed by atoms with Gasteiger partial charge in [0.1, 0.15) is 11.6 Å². The molecule has 0 aromatic heterocycles. The highest BCUT2D eigenvalue weighted by atomic mass is 16.6. The lowest BCUT2D eigenvalue weighted by Crippen LogP contribution is -2.52. The normalized spacial score (nSPS) is 36.1. The van der Waals surface area contributed by atoms with Crippen molar-refractivity contribution in [1.82, 2.24) is 0 Å². The minimum absolute atomic E-state index is 0.0291. The molecule has 1 heterocycles. The molecule has 0 aromatic rings. The monoisotopic (exact) mass is 255 g/mol. The number of rotatable bonds is 2. The molecule has 1 aliphatic carbocycles. The van der Waals surface area contributed by atoms with E-state index in [4.69, 9.17) is 15.2 Å². The Morgan fingerprint density at radius 3 is 2.28 bits per heavy atom. The molecule has 0 aromatic carbocycles. The summed E-state index contributed by atoms with van der Waals surface area (Å²) in [7, 11) is 0. The predicted molar refractivity (Wildman–Crippen MR) is 69.1 cm³/mol. The molecule has 1 aliphatic heterocycles. The molecule has 4 nitrogen and oxygen atoms in total. The van der Waals surface area contributed by atoms with Crippen molar-refractivity contribution in [2.45, 2.75) is 82.6 Å². The van der Waals surface area contributed by atoms with Crippen molar-refractivity contribution < 1.29 is 14.3 Å². The van der Waals surface area contributed by atoms with Crippen LogP contribution >= 0.6 is 0 Å². The number of carbonyl (C=O) groups is 1. The molecule has 4 heteroatoms. The summed E-state index contributed by atoms with van der Waals surface area (Å²) in [6, 6.07) is 0. The summed E-state index contributed by atoms with van der Waals surface area (Å²) in [6.07, 6.45) is 6.63. The fourth-order valence-corrected chi connectivity index (χ4v) is 3.10. The van der Waals surface area contributed by atoms with Gasteiger partial charge in [-0.05, 0) is 26.7 Å². The van der Waals surface area contributed by atoms with Crippen molar-refractivity contribution in [3.05, 3.63) is 0 Å². The van der Waals surface area contributed by atoms with Gasteiger partial charge in [0.25, 0.3) is 0 Å². The highest BCUT2D eigenvalue weighted by Crippen LogP contribution is 2.29. The molecule has 1 saturated heterocycles. The van der Waals surface area contributed by atoms with Gasteiger partial charge in [0.05, 0.1) is 12.2 Å². The van der Waals surface area contributed by atoms with E-state index in [1.54, 1.807) is 0 Å². The second-order valence-electron chi connectivity index (χ2n) is 5.97. The van der Waals surface area contributed by atoms with Gasteiger partial charge in [-0.25, -0.2) is 0 Å². The Kier molecular flexibility index (Phi) is 4.28. The van der Waals surface area contributed by atoms with Crippen molar-refractivity contribution >= 4 is 5.97 Å². The fourth-order valence-electron chi connectivity index (χ4n) is 3.10. The number of carbonyl (C=O) groups excluding carboxylic acids is 1. The van der Waals surface area contributed by atoms with Crippen molar-refractivity contribution in [3.8, 4) is 0 Å². The second kappa shape index (κ2) is 5.57. The first-order valence-corrected chi connectivity index (χ1v) is 7.15. The smallest absolute Gasteiger partial charge is 0.326 e. The van der Waals surface area contributed by atoms with E-state index < -0.39 is 5.54 Å². The zero-order chi connectivity index (χ0) is 13.2. The molecule has 2 fully saturated rings. The molecule has 0 spiro atoms. The van der Waals surface area contributed by atoms with Gasteiger partial charge in [0.2, 0.25) is 0 Å². The van der Waals surface area contributed by atoms with Crippen molar-refractivity contribution in [2.24, 2.45) is 5.73 Å². The summed E-state index contributed by atoms with van der Waals surface area (Å²) in [5.74, 6) is -0.200. The highest BCUT2D eigenvalue weighted by Gasteiger charge is 2.39. The largest absolute Gasteiger partial charge is 0.461 e. The molecule has 2 N–H and O–H groups in total. The van der Waals surface area contributed by atoms with Crippen LogP contribution in [0.15, 0.2) is 0 Å². The summed E-state index contributed by atoms with van der Waals surface area (Å²) in [6.45, 7) is 4.05. The first kappa shape index (κ1) is 13.8. The Morgan fingerprint density at radius 1 is 1.17 bits per heavy atom. The topological polar surface area (TPSA) is 61.5 Å². The maximum Gasteiger partial charge on any atom is 0.326 e. The lowest BCUT2D eigenvalue weighted by molar-refractivity contribution is -0.167. The van der Waals surface area contributed by atoms with Gasteiger partial charge in [-0.2, -0.15) is 0 Å². The Hall–Kier alpha value is -0.610. The van der Waals surface area contributed by atoms with E-state index in [1.807, 2.05) is 13.8 Å². The lowest BCUT2D eigenvalue weighted by atomic mass is 9.82. The van der Waals surface area contributed by atoms with Crippen molar-refractivity contribution in [3.63, 3.8) is 0 Å². The Labute approximate surface area is 109 Å². The molecule has 0 amide bonds. The number of hydrogen-bond acceptors (Lipinski definition) is 4. The first-order valence-electron chi connectivity index (χ1n) is 7.15. The van der Waals surface area contributed by atoms with E-state index in [-0.39, 0.29) is 24.3 Å². The minimum Gasteiger partial charge on any atom is -0.461 e. The van der Waals surface area contributed by atoms with Crippen LogP contribution < -0.4 is 5.73 Å². The van der Waals surface area contributed by atoms with Crippen LogP contribution in [0.1, 0.15) is 58.8 Å². The molecular weight excluding hydrogens is 230 g/mol. The van der Waals surface area contributed by atoms with Gasteiger partial charge in [-0.3, -0.25) is 4.79 Å². The van der Waals surface area contributed by atoms with E-state index in [0.29, 0.717) is 0 Å². The third kappa shape index (κ3) is 3.23. The predicted octanol–water partition coefficient (Wildman–Crippen LogP) is 2.15. The maximum absolute atomic E-state index is 12.2. The third-order valence-electron chi connectivity index (χ3n) is 4.08. The summed E-state index contributed by atoms with van der Waals surface area (Å²) in [4.78, 5) is 12.2. The zero-order valence-corrected chi connectivity index (χ0v) is 11.5. The van der Waals surface area contributed by atoms with E-state index in [2.05, 4.69) is 0 Å². The Balaban J connectivity index is 1.90. The van der Waals surface area contributed by atoms with Crippen LogP contribution in [0.4, 0.5) is 0 Å². The van der Waals surface area contributed by atoms with Gasteiger partial charge in [-0.1, -0.05) is 19.3 Å². The number of hydrogen-bond donors (Lipinski definition) is 1. The number of esters is 1. The summed E-state index contributed by atoms with van der Waals surface area (Å²) in [5, 5.41) is 0. The van der Waals surface area contributed by atoms with Crippen LogP contribution in [0.25, 0.3) is 0 Å². The quantitative estimate of drug-likeness (QED) is 0.768. The molecular formula is C14H25NO3. The van der Waals surface area contributed by atoms with Crippen LogP contribution in [0.3, 0.4) is 0 Å². The molecule has 0 bridgehead atoms. The van der Waals surface area contributed by atoms with Gasteiger partial charge < -0.3 is 15.2 Å². The molecule has 2 atom stereocenters. The standard InChI is InChI=1S/C14H25NO3/c1-10-8-12(9-11(2)17-10)18-13(16)14(15)6-4-3-5-7-14/h10-12H,3-9,15H2,1-2H3. The average molecular weight is 255 g/mol. The van der Waals surface area contributed by atoms with Crippen LogP contribution in [-0.4, -0.2) is 29.8 Å². The maximum atomic E-state index is 12.2. The van der Waals surface area contributed by atoms with Crippen LogP contribution in [-0.2, 0) is 14.3 Å². The third-order valence-corrected chi connectivity index (χ3v) is 4.08. The SMILES string of the molecule is CC1CC(OC(=O)C2(N)CCCCC2)CC(C)O1. The van der Waals surface area contributed by atoms with Crippen LogP contribution in [0.2, 0.25) is 0 Å². The van der Waals surface area contributed by atoms with Gasteiger partial charge in [0, 0.05) is 12.8 Å². The molecule has 104 valence electrons. The van der Waals surface area contributed by atoms with Gasteiger partial charge in [0.15, 0.2) is 0 Å². The molecule has 2 rings (SSSR count). The Morgan fingerprint density at radius 2 is 1.72 bits per heavy atom. The van der Waals surface area contributed by atoms with E-state index in [1.165, 1.54) is 6.42 Å². The van der Waals surface area contributed by atoms with Crippen molar-refractivity contribution in [2.75, 3.05) is 0 Å². The summed E-state index contributed by atoms with van der Waals surface area (Å²) < 4.78 is 11.3. The van der Waals surface area contributed by atoms with Gasteiger partial charge in [-0.15, -0.1) is 0 Å². The van der Waals surface area contributed by atoms with E-state index >= 15 is 0 Å². The molecule has 2 unspecified atom stereocenters. The minimum atomic E-state index is -0.733. The molecule has 0 radical (unpaired) electrons. The Bertz CT molecular complexity index is 289. The van der Waals surface area contributed by atoms with Crippen molar-refractivity contribution in [1.29, 1.82) is 0 Å². The molecule has 1 saturated carbocycles. The summed E-state index contributed by atoms with van der Waals surface area (Å²) in [5.41, 5.74) is 5.45. The average Bonchev–Trinajstić information content (AvgIpc) is 2.28. The fraction of sp³-hybridized carbons (Fsp3) is 0.929. The molecule has 18 heavy (non-hydrogen) atoms. The zero-order valence-electron chi connectivity index (χ0n) is 11.5. The highest BCUT2D eigenvalue weighted by molar-refractivity contribution is 5.80. The first-order chi connectivity index (χ1) is 8.49. The summed E-state index contributed by atoms with van der Waals surface area (Å²) >= 11 is 0. The lowest BCUT2D eigenvalue weighted by Gasteiger charge is -2.36. The number of nitrogens with two attached hydrogens (primary N) is 1. The van der Waals surface area contributed by atoms with Crippen LogP contribution in [0.5, 0.6) is 0 Å².